The summed E-state index contributed by atoms with van der Waals surface area (Å²) in [4.78, 5) is 14.9. The molecule has 3 unspecified atom stereocenters. The molecule has 2 heterocycles. The highest BCUT2D eigenvalue weighted by atomic mass is 32.2. The first-order chi connectivity index (χ1) is 13.9. The monoisotopic (exact) mass is 410 g/mol. The van der Waals surface area contributed by atoms with Crippen LogP contribution in [0.25, 0.3) is 10.9 Å². The van der Waals surface area contributed by atoms with Crippen molar-refractivity contribution in [1.82, 2.24) is 8.87 Å². The van der Waals surface area contributed by atoms with Crippen molar-refractivity contribution in [3.63, 3.8) is 0 Å². The van der Waals surface area contributed by atoms with E-state index in [-0.39, 0.29) is 28.7 Å². The zero-order chi connectivity index (χ0) is 20.3. The predicted octanol–water partition coefficient (Wildman–Crippen LogP) is 2.62. The van der Waals surface area contributed by atoms with E-state index in [1.165, 1.54) is 11.1 Å². The summed E-state index contributed by atoms with van der Waals surface area (Å²) in [6.45, 7) is 0.644. The van der Waals surface area contributed by atoms with Crippen molar-refractivity contribution < 1.29 is 17.9 Å². The molecule has 1 aliphatic heterocycles. The van der Waals surface area contributed by atoms with Crippen LogP contribution in [0.15, 0.2) is 59.6 Å². The van der Waals surface area contributed by atoms with Gasteiger partial charge in [0.15, 0.2) is 0 Å². The first-order valence-corrected chi connectivity index (χ1v) is 11.1. The van der Waals surface area contributed by atoms with Gasteiger partial charge in [0, 0.05) is 30.1 Å². The lowest BCUT2D eigenvalue weighted by atomic mass is 9.76. The maximum Gasteiger partial charge on any atom is 0.310 e. The van der Waals surface area contributed by atoms with Crippen LogP contribution in [0.4, 0.5) is 0 Å². The fourth-order valence-corrected chi connectivity index (χ4v) is 6.52. The molecule has 5 rings (SSSR count). The third-order valence-corrected chi connectivity index (χ3v) is 8.09. The molecule has 1 fully saturated rings. The van der Waals surface area contributed by atoms with Gasteiger partial charge in [0.05, 0.1) is 23.4 Å². The average Bonchev–Trinajstić information content (AvgIpc) is 3.28. The van der Waals surface area contributed by atoms with Gasteiger partial charge < -0.3 is 9.64 Å². The largest absolute Gasteiger partial charge is 0.469 e. The number of fused-ring (bicyclic) bond motifs is 2. The number of aromatic nitrogens is 1. The van der Waals surface area contributed by atoms with Crippen molar-refractivity contribution in [2.24, 2.45) is 5.92 Å². The summed E-state index contributed by atoms with van der Waals surface area (Å²) in [7, 11) is -0.263. The standard InChI is InChI=1S/C22H22N2O4S/c1-23-13-17(22(25)28-2)21-16-9-6-10-18-20(16)14(11-19(21)23)12-24(18)29(26,27)15-7-4-3-5-8-15/h3-10,12,17,19,21H,11,13H2,1-2H3. The molecule has 3 aromatic rings. The molecule has 0 amide bonds. The molecular formula is C22H22N2O4S. The number of hydrogen-bond acceptors (Lipinski definition) is 5. The minimum Gasteiger partial charge on any atom is -0.469 e. The summed E-state index contributed by atoms with van der Waals surface area (Å²) < 4.78 is 33.1. The molecular weight excluding hydrogens is 388 g/mol. The molecule has 0 radical (unpaired) electrons. The first-order valence-electron chi connectivity index (χ1n) is 9.65. The van der Waals surface area contributed by atoms with E-state index in [1.54, 1.807) is 36.5 Å². The van der Waals surface area contributed by atoms with Crippen molar-refractivity contribution in [2.75, 3.05) is 20.7 Å². The van der Waals surface area contributed by atoms with E-state index in [9.17, 15) is 13.2 Å². The van der Waals surface area contributed by atoms with E-state index < -0.39 is 10.0 Å². The minimum atomic E-state index is -3.70. The topological polar surface area (TPSA) is 68.6 Å². The van der Waals surface area contributed by atoms with Crippen molar-refractivity contribution >= 4 is 26.9 Å². The van der Waals surface area contributed by atoms with E-state index >= 15 is 0 Å². The van der Waals surface area contributed by atoms with Crippen LogP contribution in [-0.2, 0) is 26.0 Å². The molecule has 150 valence electrons. The zero-order valence-corrected chi connectivity index (χ0v) is 17.1. The van der Waals surface area contributed by atoms with Crippen LogP contribution in [0.2, 0.25) is 0 Å². The van der Waals surface area contributed by atoms with E-state index in [2.05, 4.69) is 4.90 Å². The molecule has 1 aromatic heterocycles. The quantitative estimate of drug-likeness (QED) is 0.621. The summed E-state index contributed by atoms with van der Waals surface area (Å²) in [6.07, 6.45) is 2.46. The number of esters is 1. The molecule has 7 heteroatoms. The lowest BCUT2D eigenvalue weighted by Crippen LogP contribution is -2.33. The number of carbonyl (C=O) groups excluding carboxylic acids is 1. The molecule has 0 spiro atoms. The van der Waals surface area contributed by atoms with E-state index in [0.29, 0.717) is 18.5 Å². The Balaban J connectivity index is 1.72. The second kappa shape index (κ2) is 6.43. The van der Waals surface area contributed by atoms with Crippen LogP contribution in [-0.4, -0.2) is 50.0 Å². The molecule has 2 aliphatic rings. The number of nitrogens with zero attached hydrogens (tertiary/aromatic N) is 2. The number of rotatable bonds is 3. The number of methoxy groups -OCH3 is 1. The highest BCUT2D eigenvalue weighted by molar-refractivity contribution is 7.90. The molecule has 6 nitrogen and oxygen atoms in total. The highest BCUT2D eigenvalue weighted by Gasteiger charge is 2.48. The Morgan fingerprint density at radius 1 is 1.10 bits per heavy atom. The van der Waals surface area contributed by atoms with Crippen LogP contribution < -0.4 is 0 Å². The Kier molecular flexibility index (Phi) is 4.08. The van der Waals surface area contributed by atoms with Crippen molar-refractivity contribution in [3.8, 4) is 0 Å². The highest BCUT2D eigenvalue weighted by Crippen LogP contribution is 2.47. The third kappa shape index (κ3) is 2.57. The summed E-state index contributed by atoms with van der Waals surface area (Å²) in [5.41, 5.74) is 2.71. The third-order valence-electron chi connectivity index (χ3n) is 6.40. The predicted molar refractivity (Wildman–Crippen MR) is 109 cm³/mol. The van der Waals surface area contributed by atoms with Gasteiger partial charge in [-0.15, -0.1) is 0 Å². The number of hydrogen-bond donors (Lipinski definition) is 0. The maximum absolute atomic E-state index is 13.3. The molecule has 0 bridgehead atoms. The zero-order valence-electron chi connectivity index (χ0n) is 16.3. The Hall–Kier alpha value is -2.64. The Bertz CT molecular complexity index is 1220. The molecule has 1 saturated heterocycles. The fourth-order valence-electron chi connectivity index (χ4n) is 5.11. The van der Waals surface area contributed by atoms with Crippen molar-refractivity contribution in [3.05, 3.63) is 65.9 Å². The Labute approximate surface area is 169 Å². The number of likely N-dealkylation sites (N-methyl/N-ethyl adjacent to an activating group) is 1. The van der Waals surface area contributed by atoms with Gasteiger partial charge in [-0.1, -0.05) is 30.3 Å². The van der Waals surface area contributed by atoms with Gasteiger partial charge in [0.25, 0.3) is 10.0 Å². The lowest BCUT2D eigenvalue weighted by molar-refractivity contribution is -0.145. The van der Waals surface area contributed by atoms with E-state index in [1.807, 2.05) is 25.2 Å². The van der Waals surface area contributed by atoms with Crippen molar-refractivity contribution in [2.45, 2.75) is 23.3 Å². The number of likely N-dealkylation sites (tertiary alicyclic amines) is 1. The van der Waals surface area contributed by atoms with Gasteiger partial charge in [0.1, 0.15) is 0 Å². The van der Waals surface area contributed by atoms with Crippen molar-refractivity contribution in [1.29, 1.82) is 0 Å². The van der Waals surface area contributed by atoms with Gasteiger partial charge in [-0.25, -0.2) is 12.4 Å². The molecule has 0 saturated carbocycles. The Morgan fingerprint density at radius 3 is 2.59 bits per heavy atom. The second-order valence-electron chi connectivity index (χ2n) is 7.88. The molecule has 3 atom stereocenters. The summed E-state index contributed by atoms with van der Waals surface area (Å²) >= 11 is 0. The van der Waals surface area contributed by atoms with Gasteiger partial charge in [-0.2, -0.15) is 0 Å². The average molecular weight is 410 g/mol. The minimum absolute atomic E-state index is 0.000991. The molecule has 0 N–H and O–H groups in total. The second-order valence-corrected chi connectivity index (χ2v) is 9.69. The van der Waals surface area contributed by atoms with E-state index in [4.69, 9.17) is 4.74 Å². The summed E-state index contributed by atoms with van der Waals surface area (Å²) in [6, 6.07) is 14.4. The summed E-state index contributed by atoms with van der Waals surface area (Å²) in [5, 5.41) is 0.956. The Morgan fingerprint density at radius 2 is 1.86 bits per heavy atom. The molecule has 29 heavy (non-hydrogen) atoms. The van der Waals surface area contributed by atoms with Gasteiger partial charge >= 0.3 is 5.97 Å². The lowest BCUT2D eigenvalue weighted by Gasteiger charge is -2.31. The SMILES string of the molecule is COC(=O)C1CN(C)C2Cc3cn(S(=O)(=O)c4ccccc4)c4cccc(c34)C12. The van der Waals surface area contributed by atoms with Crippen LogP contribution >= 0.6 is 0 Å². The van der Waals surface area contributed by atoms with Crippen LogP contribution in [0.5, 0.6) is 0 Å². The van der Waals surface area contributed by atoms with Crippen LogP contribution in [0.3, 0.4) is 0 Å². The smallest absolute Gasteiger partial charge is 0.310 e. The van der Waals surface area contributed by atoms with Crippen LogP contribution in [0.1, 0.15) is 17.0 Å². The fraction of sp³-hybridized carbons (Fsp3) is 0.318. The maximum atomic E-state index is 13.3. The number of carbonyl (C=O) groups is 1. The number of benzene rings is 2. The first kappa shape index (κ1) is 18.4. The van der Waals surface area contributed by atoms with E-state index in [0.717, 1.165) is 16.5 Å². The van der Waals surface area contributed by atoms with Gasteiger partial charge in [0.2, 0.25) is 0 Å². The van der Waals surface area contributed by atoms with Crippen LogP contribution in [0, 0.1) is 5.92 Å². The van der Waals surface area contributed by atoms with Gasteiger partial charge in [-0.3, -0.25) is 4.79 Å². The van der Waals surface area contributed by atoms with Gasteiger partial charge in [-0.05, 0) is 42.8 Å². The molecule has 1 aliphatic carbocycles. The number of ether oxygens (including phenoxy) is 1. The molecule has 2 aromatic carbocycles. The summed E-state index contributed by atoms with van der Waals surface area (Å²) in [5.74, 6) is -0.456. The normalized spacial score (nSPS) is 23.9.